The maximum absolute atomic E-state index is 13.4. The summed E-state index contributed by atoms with van der Waals surface area (Å²) in [5, 5.41) is 10.8. The lowest BCUT2D eigenvalue weighted by Gasteiger charge is -2.02. The number of halogens is 1. The zero-order chi connectivity index (χ0) is 12.5. The Labute approximate surface area is 97.0 Å². The molecule has 1 heterocycles. The molecular weight excluding hydrogens is 247 g/mol. The highest BCUT2D eigenvalue weighted by Gasteiger charge is 2.21. The third kappa shape index (κ3) is 2.47. The number of sulfone groups is 1. The Morgan fingerprint density at radius 1 is 1.35 bits per heavy atom. The first-order chi connectivity index (χ1) is 7.99. The number of rotatable bonds is 3. The van der Waals surface area contributed by atoms with E-state index in [1.807, 2.05) is 0 Å². The second-order valence-corrected chi connectivity index (χ2v) is 5.34. The van der Waals surface area contributed by atoms with Gasteiger partial charge >= 0.3 is 0 Å². The fraction of sp³-hybridized carbons (Fsp3) is 0.222. The predicted molar refractivity (Wildman–Crippen MR) is 56.1 cm³/mol. The summed E-state index contributed by atoms with van der Waals surface area (Å²) < 4.78 is 37.1. The van der Waals surface area contributed by atoms with Gasteiger partial charge in [-0.1, -0.05) is 12.1 Å². The number of benzene rings is 1. The SMILES string of the molecule is Cn1nnc(CS(=O)(=O)c2ccccc2F)n1. The van der Waals surface area contributed by atoms with Gasteiger partial charge in [-0.2, -0.15) is 4.80 Å². The van der Waals surface area contributed by atoms with Gasteiger partial charge in [-0.3, -0.25) is 0 Å². The minimum absolute atomic E-state index is 0.0377. The number of aryl methyl sites for hydroxylation is 1. The van der Waals surface area contributed by atoms with Crippen LogP contribution >= 0.6 is 0 Å². The third-order valence-electron chi connectivity index (χ3n) is 2.04. The summed E-state index contributed by atoms with van der Waals surface area (Å²) in [5.74, 6) is -1.21. The second kappa shape index (κ2) is 4.21. The fourth-order valence-electron chi connectivity index (χ4n) is 1.33. The standard InChI is InChI=1S/C9H9FN4O2S/c1-14-12-9(11-13-14)6-17(15,16)8-5-3-2-4-7(8)10/h2-5H,6H2,1H3. The molecule has 0 saturated heterocycles. The van der Waals surface area contributed by atoms with Crippen LogP contribution in [0.25, 0.3) is 0 Å². The van der Waals surface area contributed by atoms with Crippen LogP contribution < -0.4 is 0 Å². The largest absolute Gasteiger partial charge is 0.223 e. The molecule has 8 heteroatoms. The van der Waals surface area contributed by atoms with E-state index >= 15 is 0 Å². The maximum Gasteiger partial charge on any atom is 0.190 e. The van der Waals surface area contributed by atoms with Crippen LogP contribution in [0.5, 0.6) is 0 Å². The molecule has 1 aromatic carbocycles. The Morgan fingerprint density at radius 3 is 2.65 bits per heavy atom. The van der Waals surface area contributed by atoms with Gasteiger partial charge in [0.25, 0.3) is 0 Å². The molecule has 0 N–H and O–H groups in total. The molecule has 0 aliphatic heterocycles. The molecule has 6 nitrogen and oxygen atoms in total. The Kier molecular flexibility index (Phi) is 2.88. The number of hydrogen-bond acceptors (Lipinski definition) is 5. The van der Waals surface area contributed by atoms with Crippen LogP contribution in [0.15, 0.2) is 29.2 Å². The zero-order valence-corrected chi connectivity index (χ0v) is 9.72. The van der Waals surface area contributed by atoms with E-state index in [-0.39, 0.29) is 10.7 Å². The average Bonchev–Trinajstić information content (AvgIpc) is 2.63. The molecule has 0 bridgehead atoms. The van der Waals surface area contributed by atoms with Crippen molar-refractivity contribution in [2.75, 3.05) is 0 Å². The van der Waals surface area contributed by atoms with Crippen molar-refractivity contribution < 1.29 is 12.8 Å². The third-order valence-corrected chi connectivity index (χ3v) is 3.68. The van der Waals surface area contributed by atoms with Gasteiger partial charge in [0.15, 0.2) is 15.7 Å². The van der Waals surface area contributed by atoms with Crippen molar-refractivity contribution in [2.45, 2.75) is 10.6 Å². The highest BCUT2D eigenvalue weighted by Crippen LogP contribution is 2.17. The van der Waals surface area contributed by atoms with Crippen molar-refractivity contribution in [3.8, 4) is 0 Å². The van der Waals surface area contributed by atoms with E-state index < -0.39 is 21.4 Å². The molecule has 0 amide bonds. The van der Waals surface area contributed by atoms with Crippen molar-refractivity contribution in [1.29, 1.82) is 0 Å². The van der Waals surface area contributed by atoms with E-state index in [9.17, 15) is 12.8 Å². The molecule has 0 unspecified atom stereocenters. The molecule has 0 fully saturated rings. The van der Waals surface area contributed by atoms with Crippen LogP contribution in [-0.2, 0) is 22.6 Å². The van der Waals surface area contributed by atoms with Crippen LogP contribution in [0.3, 0.4) is 0 Å². The summed E-state index contributed by atoms with van der Waals surface area (Å²) in [7, 11) is -2.26. The lowest BCUT2D eigenvalue weighted by Crippen LogP contribution is -2.08. The van der Waals surface area contributed by atoms with Gasteiger partial charge in [0, 0.05) is 0 Å². The molecule has 0 atom stereocenters. The molecule has 0 radical (unpaired) electrons. The number of aromatic nitrogens is 4. The number of tetrazole rings is 1. The summed E-state index contributed by atoms with van der Waals surface area (Å²) in [6.07, 6.45) is 0. The Balaban J connectivity index is 2.35. The first kappa shape index (κ1) is 11.6. The summed E-state index contributed by atoms with van der Waals surface area (Å²) in [4.78, 5) is 0.791. The highest BCUT2D eigenvalue weighted by molar-refractivity contribution is 7.90. The zero-order valence-electron chi connectivity index (χ0n) is 8.91. The van der Waals surface area contributed by atoms with E-state index in [0.717, 1.165) is 10.9 Å². The minimum atomic E-state index is -3.78. The van der Waals surface area contributed by atoms with E-state index in [4.69, 9.17) is 0 Å². The number of nitrogens with zero attached hydrogens (tertiary/aromatic N) is 4. The number of hydrogen-bond donors (Lipinski definition) is 0. The summed E-state index contributed by atoms with van der Waals surface area (Å²) in [5.41, 5.74) is 0. The first-order valence-electron chi connectivity index (χ1n) is 4.69. The lowest BCUT2D eigenvalue weighted by molar-refractivity contribution is 0.565. The predicted octanol–water partition coefficient (Wildman–Crippen LogP) is 0.323. The molecule has 17 heavy (non-hydrogen) atoms. The van der Waals surface area contributed by atoms with E-state index in [0.29, 0.717) is 0 Å². The van der Waals surface area contributed by atoms with Crippen molar-refractivity contribution >= 4 is 9.84 Å². The molecule has 0 saturated carbocycles. The van der Waals surface area contributed by atoms with Crippen LogP contribution in [0, 0.1) is 5.82 Å². The highest BCUT2D eigenvalue weighted by atomic mass is 32.2. The molecule has 2 aromatic rings. The molecule has 1 aromatic heterocycles. The normalized spacial score (nSPS) is 11.6. The maximum atomic E-state index is 13.4. The Hall–Kier alpha value is -1.83. The van der Waals surface area contributed by atoms with E-state index in [1.165, 1.54) is 25.2 Å². The van der Waals surface area contributed by atoms with Crippen molar-refractivity contribution in [3.63, 3.8) is 0 Å². The van der Waals surface area contributed by atoms with Gasteiger partial charge in [-0.25, -0.2) is 12.8 Å². The van der Waals surface area contributed by atoms with Crippen LogP contribution in [0.1, 0.15) is 5.82 Å². The summed E-state index contributed by atoms with van der Waals surface area (Å²) in [6, 6.07) is 5.19. The van der Waals surface area contributed by atoms with Crippen molar-refractivity contribution in [1.82, 2.24) is 20.2 Å². The Bertz CT molecular complexity index is 638. The van der Waals surface area contributed by atoms with Gasteiger partial charge in [-0.05, 0) is 17.3 Å². The van der Waals surface area contributed by atoms with Gasteiger partial charge in [0.05, 0.1) is 7.05 Å². The smallest absolute Gasteiger partial charge is 0.190 e. The summed E-state index contributed by atoms with van der Waals surface area (Å²) in [6.45, 7) is 0. The van der Waals surface area contributed by atoms with Crippen LogP contribution in [0.4, 0.5) is 4.39 Å². The molecular formula is C9H9FN4O2S. The van der Waals surface area contributed by atoms with Crippen molar-refractivity contribution in [2.24, 2.45) is 7.05 Å². The van der Waals surface area contributed by atoms with Gasteiger partial charge < -0.3 is 0 Å². The van der Waals surface area contributed by atoms with E-state index in [2.05, 4.69) is 15.4 Å². The van der Waals surface area contributed by atoms with Gasteiger partial charge in [0.1, 0.15) is 16.5 Å². The monoisotopic (exact) mass is 256 g/mol. The van der Waals surface area contributed by atoms with Crippen LogP contribution in [-0.4, -0.2) is 28.6 Å². The van der Waals surface area contributed by atoms with Crippen LogP contribution in [0.2, 0.25) is 0 Å². The first-order valence-corrected chi connectivity index (χ1v) is 6.34. The molecule has 0 aliphatic rings. The molecule has 0 spiro atoms. The summed E-state index contributed by atoms with van der Waals surface area (Å²) >= 11 is 0. The fourth-order valence-corrected chi connectivity index (χ4v) is 2.59. The average molecular weight is 256 g/mol. The topological polar surface area (TPSA) is 77.7 Å². The molecule has 90 valence electrons. The van der Waals surface area contributed by atoms with Gasteiger partial charge in [-0.15, -0.1) is 10.2 Å². The quantitative estimate of drug-likeness (QED) is 0.790. The van der Waals surface area contributed by atoms with E-state index in [1.54, 1.807) is 0 Å². The minimum Gasteiger partial charge on any atom is -0.223 e. The molecule has 2 rings (SSSR count). The van der Waals surface area contributed by atoms with Gasteiger partial charge in [0.2, 0.25) is 0 Å². The van der Waals surface area contributed by atoms with Crippen molar-refractivity contribution in [3.05, 3.63) is 35.9 Å². The lowest BCUT2D eigenvalue weighted by atomic mass is 10.3. The second-order valence-electron chi connectivity index (χ2n) is 3.38. The molecule has 0 aliphatic carbocycles. The Morgan fingerprint density at radius 2 is 2.06 bits per heavy atom.